The molecule has 0 aliphatic carbocycles. The number of fused-ring (bicyclic) bond motifs is 1. The van der Waals surface area contributed by atoms with E-state index in [0.29, 0.717) is 40.7 Å². The van der Waals surface area contributed by atoms with Crippen molar-refractivity contribution in [3.8, 4) is 11.5 Å². The normalized spacial score (nSPS) is 13.4. The fourth-order valence-corrected chi connectivity index (χ4v) is 3.90. The number of nitrogens with zero attached hydrogens (tertiary/aromatic N) is 1. The Morgan fingerprint density at radius 1 is 1.09 bits per heavy atom. The van der Waals surface area contributed by atoms with Gasteiger partial charge in [0.15, 0.2) is 19.0 Å². The Hall–Kier alpha value is -3.84. The highest BCUT2D eigenvalue weighted by atomic mass is 35.5. The third-order valence-electron chi connectivity index (χ3n) is 5.67. The maximum Gasteiger partial charge on any atom is 0.265 e. The number of hydrogen-bond acceptors (Lipinski definition) is 5. The standard InChI is InChI=1S/C27H25ClN2O5/c1-18(27(33)29-14-13-19-5-3-2-4-6-19)30-23-15-20(7-12-25(23)35-17-26(30)32)24(31)16-34-22-10-8-21(28)9-11-22/h2-12,15,18H,13-14,16-17H2,1H3,(H,29,33)/t18-/m0/s1. The summed E-state index contributed by atoms with van der Waals surface area (Å²) in [6, 6.07) is 20.5. The van der Waals surface area contributed by atoms with Crippen molar-refractivity contribution in [2.24, 2.45) is 0 Å². The maximum absolute atomic E-state index is 12.8. The molecule has 0 fully saturated rings. The smallest absolute Gasteiger partial charge is 0.265 e. The SMILES string of the molecule is C[C@@H](C(=O)NCCc1ccccc1)N1C(=O)COc2ccc(C(=O)COc3ccc(Cl)cc3)cc21. The van der Waals surface area contributed by atoms with Crippen molar-refractivity contribution in [1.82, 2.24) is 5.32 Å². The summed E-state index contributed by atoms with van der Waals surface area (Å²) in [6.07, 6.45) is 0.680. The summed E-state index contributed by atoms with van der Waals surface area (Å²) in [4.78, 5) is 39.7. The zero-order valence-electron chi connectivity index (χ0n) is 19.2. The Balaban J connectivity index is 1.44. The van der Waals surface area contributed by atoms with Gasteiger partial charge >= 0.3 is 0 Å². The minimum atomic E-state index is -0.781. The first-order valence-corrected chi connectivity index (χ1v) is 11.6. The van der Waals surface area contributed by atoms with Crippen LogP contribution in [0.1, 0.15) is 22.8 Å². The largest absolute Gasteiger partial charge is 0.485 e. The van der Waals surface area contributed by atoms with Crippen molar-refractivity contribution < 1.29 is 23.9 Å². The van der Waals surface area contributed by atoms with Crippen LogP contribution in [0.4, 0.5) is 5.69 Å². The molecule has 3 aromatic rings. The lowest BCUT2D eigenvalue weighted by atomic mass is 10.1. The first kappa shape index (κ1) is 24.3. The second-order valence-electron chi connectivity index (χ2n) is 8.10. The van der Waals surface area contributed by atoms with Gasteiger partial charge in [-0.1, -0.05) is 41.9 Å². The monoisotopic (exact) mass is 492 g/mol. The molecule has 1 heterocycles. The first-order valence-electron chi connectivity index (χ1n) is 11.2. The zero-order valence-corrected chi connectivity index (χ0v) is 20.0. The summed E-state index contributed by atoms with van der Waals surface area (Å²) in [5.74, 6) is 0.0289. The fraction of sp³-hybridized carbons (Fsp3) is 0.222. The van der Waals surface area contributed by atoms with E-state index in [4.69, 9.17) is 21.1 Å². The number of ketones is 1. The van der Waals surface area contributed by atoms with E-state index in [1.807, 2.05) is 30.3 Å². The number of nitrogens with one attached hydrogen (secondary N) is 1. The molecule has 0 saturated carbocycles. The molecule has 1 atom stereocenters. The van der Waals surface area contributed by atoms with E-state index in [1.165, 1.54) is 4.90 Å². The van der Waals surface area contributed by atoms with Gasteiger partial charge in [0.1, 0.15) is 17.5 Å². The average Bonchev–Trinajstić information content (AvgIpc) is 2.88. The van der Waals surface area contributed by atoms with Crippen LogP contribution >= 0.6 is 11.6 Å². The predicted octanol–water partition coefficient (Wildman–Crippen LogP) is 4.07. The van der Waals surface area contributed by atoms with Crippen LogP contribution in [0, 0.1) is 0 Å². The highest BCUT2D eigenvalue weighted by molar-refractivity contribution is 6.30. The van der Waals surface area contributed by atoms with Crippen LogP contribution < -0.4 is 19.7 Å². The van der Waals surface area contributed by atoms with Gasteiger partial charge in [-0.25, -0.2) is 0 Å². The van der Waals surface area contributed by atoms with Crippen LogP contribution in [-0.4, -0.2) is 43.4 Å². The van der Waals surface area contributed by atoms with E-state index in [9.17, 15) is 14.4 Å². The molecule has 1 aliphatic rings. The summed E-state index contributed by atoms with van der Waals surface area (Å²) in [6.45, 7) is 1.73. The molecule has 7 nitrogen and oxygen atoms in total. The Kier molecular flexibility index (Phi) is 7.67. The number of benzene rings is 3. The van der Waals surface area contributed by atoms with Crippen molar-refractivity contribution in [1.29, 1.82) is 0 Å². The summed E-state index contributed by atoms with van der Waals surface area (Å²) in [5, 5.41) is 3.46. The molecule has 0 unspecified atom stereocenters. The predicted molar refractivity (Wildman–Crippen MR) is 133 cm³/mol. The Morgan fingerprint density at radius 3 is 2.57 bits per heavy atom. The van der Waals surface area contributed by atoms with Gasteiger partial charge in [-0.05, 0) is 61.4 Å². The number of rotatable bonds is 9. The summed E-state index contributed by atoms with van der Waals surface area (Å²) in [7, 11) is 0. The molecule has 4 rings (SSSR count). The summed E-state index contributed by atoms with van der Waals surface area (Å²) in [5.41, 5.74) is 1.83. The second kappa shape index (κ2) is 11.1. The maximum atomic E-state index is 12.8. The van der Waals surface area contributed by atoms with Gasteiger partial charge in [0.05, 0.1) is 5.69 Å². The number of Topliss-reactive ketones (excluding diaryl/α,β-unsaturated/α-hetero) is 1. The zero-order chi connectivity index (χ0) is 24.8. The van der Waals surface area contributed by atoms with E-state index in [0.717, 1.165) is 5.56 Å². The lowest BCUT2D eigenvalue weighted by Gasteiger charge is -2.33. The topological polar surface area (TPSA) is 84.9 Å². The molecule has 0 saturated heterocycles. The van der Waals surface area contributed by atoms with Crippen molar-refractivity contribution >= 4 is 34.9 Å². The number of carbonyl (C=O) groups is 3. The highest BCUT2D eigenvalue weighted by Crippen LogP contribution is 2.34. The van der Waals surface area contributed by atoms with Crippen LogP contribution in [0.25, 0.3) is 0 Å². The number of ether oxygens (including phenoxy) is 2. The Labute approximate surface area is 208 Å². The van der Waals surface area contributed by atoms with Crippen molar-refractivity contribution in [2.75, 3.05) is 24.7 Å². The molecule has 180 valence electrons. The van der Waals surface area contributed by atoms with Crippen molar-refractivity contribution in [3.63, 3.8) is 0 Å². The number of anilines is 1. The number of halogens is 1. The molecule has 2 amide bonds. The lowest BCUT2D eigenvalue weighted by Crippen LogP contribution is -2.51. The van der Waals surface area contributed by atoms with Gasteiger partial charge in [0.25, 0.3) is 5.91 Å². The fourth-order valence-electron chi connectivity index (χ4n) is 3.77. The Morgan fingerprint density at radius 2 is 1.83 bits per heavy atom. The van der Waals surface area contributed by atoms with Crippen LogP contribution in [0.15, 0.2) is 72.8 Å². The van der Waals surface area contributed by atoms with Gasteiger partial charge in [-0.2, -0.15) is 0 Å². The third-order valence-corrected chi connectivity index (χ3v) is 5.92. The first-order chi connectivity index (χ1) is 16.9. The number of carbonyl (C=O) groups excluding carboxylic acids is 3. The van der Waals surface area contributed by atoms with E-state index >= 15 is 0 Å². The molecule has 0 radical (unpaired) electrons. The molecule has 1 aliphatic heterocycles. The minimum Gasteiger partial charge on any atom is -0.485 e. The minimum absolute atomic E-state index is 0.179. The molecule has 35 heavy (non-hydrogen) atoms. The second-order valence-corrected chi connectivity index (χ2v) is 8.54. The average molecular weight is 493 g/mol. The van der Waals surface area contributed by atoms with E-state index < -0.39 is 6.04 Å². The van der Waals surface area contributed by atoms with Crippen molar-refractivity contribution in [3.05, 3.63) is 88.9 Å². The highest BCUT2D eigenvalue weighted by Gasteiger charge is 2.33. The molecular weight excluding hydrogens is 468 g/mol. The third kappa shape index (κ3) is 6.00. The Bertz CT molecular complexity index is 1210. The van der Waals surface area contributed by atoms with Gasteiger partial charge in [0, 0.05) is 17.1 Å². The molecule has 0 spiro atoms. The van der Waals surface area contributed by atoms with Crippen LogP contribution in [0.3, 0.4) is 0 Å². The number of hydrogen-bond donors (Lipinski definition) is 1. The summed E-state index contributed by atoms with van der Waals surface area (Å²) < 4.78 is 11.1. The molecule has 3 aromatic carbocycles. The van der Waals surface area contributed by atoms with E-state index in [-0.39, 0.29) is 30.8 Å². The van der Waals surface area contributed by atoms with Gasteiger partial charge < -0.3 is 14.8 Å². The van der Waals surface area contributed by atoms with E-state index in [2.05, 4.69) is 5.32 Å². The van der Waals surface area contributed by atoms with E-state index in [1.54, 1.807) is 49.4 Å². The molecule has 1 N–H and O–H groups in total. The van der Waals surface area contributed by atoms with Crippen molar-refractivity contribution in [2.45, 2.75) is 19.4 Å². The molecular formula is C27H25ClN2O5. The number of amides is 2. The van der Waals surface area contributed by atoms with Crippen LogP contribution in [-0.2, 0) is 16.0 Å². The quantitative estimate of drug-likeness (QED) is 0.455. The van der Waals surface area contributed by atoms with Crippen LogP contribution in [0.5, 0.6) is 11.5 Å². The molecule has 8 heteroatoms. The van der Waals surface area contributed by atoms with Crippen LogP contribution in [0.2, 0.25) is 5.02 Å². The van der Waals surface area contributed by atoms with Gasteiger partial charge in [-0.3, -0.25) is 19.3 Å². The lowest BCUT2D eigenvalue weighted by molar-refractivity contribution is -0.127. The molecule has 0 aromatic heterocycles. The van der Waals surface area contributed by atoms with Gasteiger partial charge in [-0.15, -0.1) is 0 Å². The molecule has 0 bridgehead atoms. The van der Waals surface area contributed by atoms with Gasteiger partial charge in [0.2, 0.25) is 5.91 Å². The summed E-state index contributed by atoms with van der Waals surface area (Å²) >= 11 is 5.87.